The first-order valence-electron chi connectivity index (χ1n) is 2.64. The predicted molar refractivity (Wildman–Crippen MR) is 21.8 cm³/mol. The summed E-state index contributed by atoms with van der Waals surface area (Å²) in [5.74, 6) is 0. The van der Waals surface area contributed by atoms with Gasteiger partial charge in [0.1, 0.15) is 0 Å². The van der Waals surface area contributed by atoms with Crippen molar-refractivity contribution < 1.29 is 57.3 Å². The zero-order valence-electron chi connectivity index (χ0n) is 5.52. The maximum atomic E-state index is 9.94. The van der Waals surface area contributed by atoms with Crippen molar-refractivity contribution in [3.63, 3.8) is 0 Å². The van der Waals surface area contributed by atoms with Crippen molar-refractivity contribution in [1.29, 1.82) is 0 Å². The van der Waals surface area contributed by atoms with Gasteiger partial charge in [0.25, 0.3) is 0 Å². The van der Waals surface area contributed by atoms with Gasteiger partial charge in [-0.15, -0.1) is 0 Å². The molecular weight excluding hydrogens is 344 g/mol. The van der Waals surface area contributed by atoms with Gasteiger partial charge in [0.15, 0.2) is 0 Å². The molecule has 10 heavy (non-hydrogen) atoms. The Morgan fingerprint density at radius 2 is 1.70 bits per heavy atom. The number of unbranched alkanes of at least 4 members (excludes halogenated alkanes) is 1. The van der Waals surface area contributed by atoms with Gasteiger partial charge in [0.05, 0.1) is 0 Å². The fourth-order valence-corrected chi connectivity index (χ4v) is 1.90. The third kappa shape index (κ3) is 16.1. The third-order valence-corrected chi connectivity index (χ3v) is 2.69. The molecule has 0 fully saturated rings. The molecule has 0 saturated carbocycles. The summed E-state index contributed by atoms with van der Waals surface area (Å²) < 4.78 is 29.8. The van der Waals surface area contributed by atoms with Crippen LogP contribution in [0.2, 0.25) is 4.81 Å². The van der Waals surface area contributed by atoms with Crippen molar-refractivity contribution in [3.8, 4) is 0 Å². The van der Waals surface area contributed by atoms with Crippen molar-refractivity contribution >= 4 is 0 Å². The Balaban J connectivity index is 0. The van der Waals surface area contributed by atoms with Crippen molar-refractivity contribution in [2.75, 3.05) is 0 Å². The molecule has 0 rings (SSSR count). The fraction of sp³-hybridized carbons (Fsp3) is 1.00. The predicted octanol–water partition coefficient (Wildman–Crippen LogP) is 1.39. The van der Waals surface area contributed by atoms with E-state index in [0.717, 1.165) is 6.42 Å². The normalized spacial score (nSPS) is 9.80. The van der Waals surface area contributed by atoms with Gasteiger partial charge in [-0.25, -0.2) is 0 Å². The standard InChI is InChI=1S/C4H9.Fe.2Mo.3O/c1-3-4-2;;;;;;/h1,3-4H2,2H3;;;;;;. The Kier molecular flexibility index (Phi) is 11.6. The van der Waals surface area contributed by atoms with E-state index in [1.165, 1.54) is 0 Å². The first-order chi connectivity index (χ1) is 4.56. The summed E-state index contributed by atoms with van der Waals surface area (Å²) in [7, 11) is 0. The minimum absolute atomic E-state index is 0.112. The Morgan fingerprint density at radius 3 is 1.80 bits per heavy atom. The second kappa shape index (κ2) is 8.39. The van der Waals surface area contributed by atoms with Crippen LogP contribution in [0.1, 0.15) is 19.8 Å². The first-order valence-corrected chi connectivity index (χ1v) is 9.89. The molecule has 0 spiro atoms. The number of rotatable bonds is 3. The Hall–Kier alpha value is 1.30. The zero-order valence-corrected chi connectivity index (χ0v) is 10.6. The SMILES string of the molecule is CCC[CH2][Mo](=[O])(=[O])=[O].[Fe][Mo]. The molecule has 63 valence electrons. The second-order valence-electron chi connectivity index (χ2n) is 1.62. The molecule has 0 N–H and O–H groups in total. The molecule has 0 aromatic rings. The minimum atomic E-state index is -4.88. The van der Waals surface area contributed by atoms with Gasteiger partial charge in [-0.1, -0.05) is 0 Å². The van der Waals surface area contributed by atoms with Crippen molar-refractivity contribution in [3.05, 3.63) is 0 Å². The molecule has 6 heteroatoms. The number of hydrogen-bond donors (Lipinski definition) is 0. The van der Waals surface area contributed by atoms with Gasteiger partial charge >= 0.3 is 81.8 Å². The summed E-state index contributed by atoms with van der Waals surface area (Å²) in [4.78, 5) is -0.112. The topological polar surface area (TPSA) is 51.2 Å². The molecule has 0 radical (unpaired) electrons. The van der Waals surface area contributed by atoms with Crippen LogP contribution in [-0.2, 0) is 57.3 Å². The second-order valence-corrected chi connectivity index (χ2v) is 5.36. The van der Waals surface area contributed by atoms with E-state index in [4.69, 9.17) is 0 Å². The molecule has 0 aliphatic heterocycles. The molecule has 0 aromatic heterocycles. The summed E-state index contributed by atoms with van der Waals surface area (Å²) in [5.41, 5.74) is 0. The van der Waals surface area contributed by atoms with E-state index in [-0.39, 0.29) is 4.81 Å². The van der Waals surface area contributed by atoms with E-state index in [9.17, 15) is 10.2 Å². The van der Waals surface area contributed by atoms with Crippen molar-refractivity contribution in [2.45, 2.75) is 24.6 Å². The van der Waals surface area contributed by atoms with Crippen LogP contribution >= 0.6 is 0 Å². The van der Waals surface area contributed by atoms with Gasteiger partial charge < -0.3 is 0 Å². The molecular formula is C4H9FeMo2O3. The summed E-state index contributed by atoms with van der Waals surface area (Å²) in [6, 6.07) is 0. The average molecular weight is 353 g/mol. The Bertz CT molecular complexity index is 175. The fourth-order valence-electron chi connectivity index (χ4n) is 0.321. The summed E-state index contributed by atoms with van der Waals surface area (Å²) in [6.45, 7) is 1.86. The summed E-state index contributed by atoms with van der Waals surface area (Å²) in [5, 5.41) is 0. The Morgan fingerprint density at radius 1 is 1.30 bits per heavy atom. The van der Waals surface area contributed by atoms with Gasteiger partial charge in [-0.2, -0.15) is 0 Å². The molecule has 0 amide bonds. The van der Waals surface area contributed by atoms with Crippen LogP contribution in [0.4, 0.5) is 0 Å². The van der Waals surface area contributed by atoms with E-state index < -0.39 is 15.9 Å². The maximum absolute atomic E-state index is 9.94. The van der Waals surface area contributed by atoms with E-state index in [1.807, 2.05) is 6.92 Å². The summed E-state index contributed by atoms with van der Waals surface area (Å²) >= 11 is 0.0793. The van der Waals surface area contributed by atoms with E-state index in [2.05, 4.69) is 13.4 Å². The first kappa shape index (κ1) is 13.9. The zero-order chi connectivity index (χ0) is 8.62. The van der Waals surface area contributed by atoms with Gasteiger partial charge in [0.2, 0.25) is 0 Å². The third-order valence-electron chi connectivity index (χ3n) is 0.748. The van der Waals surface area contributed by atoms with Crippen LogP contribution in [0.15, 0.2) is 0 Å². The van der Waals surface area contributed by atoms with Crippen LogP contribution in [0.25, 0.3) is 0 Å². The molecule has 0 unspecified atom stereocenters. The van der Waals surface area contributed by atoms with Crippen LogP contribution in [0.5, 0.6) is 0 Å². The van der Waals surface area contributed by atoms with E-state index >= 15 is 0 Å². The monoisotopic (exact) mass is 357 g/mol. The van der Waals surface area contributed by atoms with Crippen LogP contribution in [0, 0.1) is 0 Å². The molecule has 0 atom stereocenters. The molecule has 0 heterocycles. The molecule has 0 aliphatic rings. The quantitative estimate of drug-likeness (QED) is 0.721. The van der Waals surface area contributed by atoms with Gasteiger partial charge in [-0.3, -0.25) is 0 Å². The molecule has 0 bridgehead atoms. The van der Waals surface area contributed by atoms with Crippen molar-refractivity contribution in [2.24, 2.45) is 0 Å². The molecule has 0 aliphatic carbocycles. The molecule has 0 aromatic carbocycles. The number of hydrogen-bond acceptors (Lipinski definition) is 3. The van der Waals surface area contributed by atoms with Crippen molar-refractivity contribution in [1.82, 2.24) is 0 Å². The van der Waals surface area contributed by atoms with Crippen LogP contribution in [-0.4, -0.2) is 0 Å². The average Bonchev–Trinajstić information content (AvgIpc) is 1.87. The van der Waals surface area contributed by atoms with E-state index in [1.54, 1.807) is 17.7 Å². The molecule has 3 nitrogen and oxygen atoms in total. The summed E-state index contributed by atoms with van der Waals surface area (Å²) in [6.07, 6.45) is 1.30. The Labute approximate surface area is 81.2 Å². The van der Waals surface area contributed by atoms with Crippen LogP contribution < -0.4 is 0 Å². The van der Waals surface area contributed by atoms with E-state index in [0.29, 0.717) is 6.42 Å². The van der Waals surface area contributed by atoms with Gasteiger partial charge in [0, 0.05) is 0 Å². The molecule has 0 saturated heterocycles. The van der Waals surface area contributed by atoms with Crippen LogP contribution in [0.3, 0.4) is 0 Å². The van der Waals surface area contributed by atoms with Gasteiger partial charge in [-0.05, 0) is 0 Å².